The van der Waals surface area contributed by atoms with Gasteiger partial charge in [0.25, 0.3) is 0 Å². The number of hydrogen-bond acceptors (Lipinski definition) is 4. The van der Waals surface area contributed by atoms with Crippen molar-refractivity contribution < 1.29 is 9.34 Å². The van der Waals surface area contributed by atoms with Gasteiger partial charge >= 0.3 is 5.88 Å². The average molecular weight is 230 g/mol. The molecule has 0 bridgehead atoms. The maximum absolute atomic E-state index is 10.4. The maximum atomic E-state index is 10.4. The van der Waals surface area contributed by atoms with Gasteiger partial charge in [-0.1, -0.05) is 30.3 Å². The summed E-state index contributed by atoms with van der Waals surface area (Å²) in [6.45, 7) is 0. The van der Waals surface area contributed by atoms with Crippen molar-refractivity contribution in [2.45, 2.75) is 0 Å². The zero-order chi connectivity index (χ0) is 12.3. The van der Waals surface area contributed by atoms with Crippen LogP contribution < -0.4 is 5.73 Å². The third-order valence-corrected chi connectivity index (χ3v) is 2.20. The van der Waals surface area contributed by atoms with Crippen LogP contribution in [0.25, 0.3) is 11.8 Å². The average Bonchev–Trinajstić information content (AvgIpc) is 2.79. The first kappa shape index (κ1) is 10.9. The second-order valence-corrected chi connectivity index (χ2v) is 3.40. The topological polar surface area (TPSA) is 82.3 Å². The van der Waals surface area contributed by atoms with Crippen molar-refractivity contribution in [1.29, 1.82) is 0 Å². The SMILES string of the molecule is N/C(=C/c1ccc([N+](=O)[O-])o1)c1ccccc1. The number of nitro groups is 1. The third kappa shape index (κ3) is 2.52. The van der Waals surface area contributed by atoms with E-state index in [2.05, 4.69) is 0 Å². The fraction of sp³-hybridized carbons (Fsp3) is 0. The highest BCUT2D eigenvalue weighted by Gasteiger charge is 2.10. The standard InChI is InChI=1S/C12H10N2O3/c13-11(9-4-2-1-3-5-9)8-10-6-7-12(17-10)14(15)16/h1-8H,13H2/b11-8+. The largest absolute Gasteiger partial charge is 0.433 e. The predicted octanol–water partition coefficient (Wildman–Crippen LogP) is 2.64. The Bertz CT molecular complexity index is 558. The van der Waals surface area contributed by atoms with Crippen molar-refractivity contribution in [3.63, 3.8) is 0 Å². The molecule has 0 unspecified atom stereocenters. The summed E-state index contributed by atoms with van der Waals surface area (Å²) in [5, 5.41) is 10.4. The zero-order valence-corrected chi connectivity index (χ0v) is 8.87. The Kier molecular flexibility index (Phi) is 2.91. The summed E-state index contributed by atoms with van der Waals surface area (Å²) in [4.78, 5) is 9.84. The maximum Gasteiger partial charge on any atom is 0.433 e. The molecule has 17 heavy (non-hydrogen) atoms. The minimum atomic E-state index is -0.587. The van der Waals surface area contributed by atoms with Crippen LogP contribution >= 0.6 is 0 Å². The van der Waals surface area contributed by atoms with Gasteiger partial charge in [-0.15, -0.1) is 0 Å². The van der Waals surface area contributed by atoms with E-state index in [4.69, 9.17) is 10.2 Å². The number of rotatable bonds is 3. The number of benzene rings is 1. The summed E-state index contributed by atoms with van der Waals surface area (Å²) in [5.41, 5.74) is 7.18. The first-order valence-corrected chi connectivity index (χ1v) is 4.93. The second-order valence-electron chi connectivity index (χ2n) is 3.40. The van der Waals surface area contributed by atoms with Gasteiger partial charge in [0, 0.05) is 11.8 Å². The first-order chi connectivity index (χ1) is 8.16. The Morgan fingerprint density at radius 3 is 2.53 bits per heavy atom. The predicted molar refractivity (Wildman–Crippen MR) is 63.9 cm³/mol. The molecule has 1 aromatic carbocycles. The summed E-state index contributed by atoms with van der Waals surface area (Å²) in [5.74, 6) is 0.0650. The summed E-state index contributed by atoms with van der Waals surface area (Å²) in [6, 6.07) is 12.1. The highest BCUT2D eigenvalue weighted by Crippen LogP contribution is 2.19. The minimum absolute atomic E-state index is 0.294. The van der Waals surface area contributed by atoms with E-state index in [1.807, 2.05) is 30.3 Å². The van der Waals surface area contributed by atoms with Gasteiger partial charge in [0.1, 0.15) is 10.7 Å². The van der Waals surface area contributed by atoms with Gasteiger partial charge < -0.3 is 10.2 Å². The molecule has 0 radical (unpaired) electrons. The smallest absolute Gasteiger partial charge is 0.401 e. The molecule has 1 aromatic heterocycles. The summed E-state index contributed by atoms with van der Waals surface area (Å²) in [6.07, 6.45) is 1.56. The lowest BCUT2D eigenvalue weighted by Gasteiger charge is -1.99. The van der Waals surface area contributed by atoms with Gasteiger partial charge in [-0.2, -0.15) is 0 Å². The normalized spacial score (nSPS) is 11.4. The van der Waals surface area contributed by atoms with Gasteiger partial charge in [-0.3, -0.25) is 10.1 Å². The molecule has 0 saturated carbocycles. The molecule has 0 saturated heterocycles. The summed E-state index contributed by atoms with van der Waals surface area (Å²) < 4.78 is 4.98. The van der Waals surface area contributed by atoms with Crippen LogP contribution in [0.2, 0.25) is 0 Å². The Morgan fingerprint density at radius 2 is 1.94 bits per heavy atom. The molecule has 0 fully saturated rings. The highest BCUT2D eigenvalue weighted by atomic mass is 16.6. The molecule has 5 heteroatoms. The van der Waals surface area contributed by atoms with Crippen LogP contribution in [0.1, 0.15) is 11.3 Å². The Balaban J connectivity index is 2.27. The molecule has 0 aliphatic carbocycles. The molecule has 0 aliphatic heterocycles. The molecule has 2 N–H and O–H groups in total. The van der Waals surface area contributed by atoms with Crippen LogP contribution in [0.3, 0.4) is 0 Å². The lowest BCUT2D eigenvalue weighted by Crippen LogP contribution is -1.94. The monoisotopic (exact) mass is 230 g/mol. The van der Waals surface area contributed by atoms with E-state index in [1.54, 1.807) is 6.08 Å². The number of nitrogens with zero attached hydrogens (tertiary/aromatic N) is 1. The molecule has 1 heterocycles. The van der Waals surface area contributed by atoms with Gasteiger partial charge in [0.05, 0.1) is 6.07 Å². The van der Waals surface area contributed by atoms with Crippen LogP contribution in [0.5, 0.6) is 0 Å². The van der Waals surface area contributed by atoms with Crippen molar-refractivity contribution in [2.24, 2.45) is 5.73 Å². The van der Waals surface area contributed by atoms with Crippen LogP contribution in [0.15, 0.2) is 46.9 Å². The Morgan fingerprint density at radius 1 is 1.24 bits per heavy atom. The lowest BCUT2D eigenvalue weighted by atomic mass is 10.1. The number of hydrogen-bond donors (Lipinski definition) is 1. The summed E-state index contributed by atoms with van der Waals surface area (Å²) in [7, 11) is 0. The van der Waals surface area contributed by atoms with Crippen LogP contribution in [0, 0.1) is 10.1 Å². The highest BCUT2D eigenvalue weighted by molar-refractivity contribution is 5.77. The fourth-order valence-electron chi connectivity index (χ4n) is 1.39. The number of furan rings is 1. The van der Waals surface area contributed by atoms with E-state index in [1.165, 1.54) is 12.1 Å². The van der Waals surface area contributed by atoms with Gasteiger partial charge in [-0.25, -0.2) is 0 Å². The molecule has 2 aromatic rings. The molecule has 5 nitrogen and oxygen atoms in total. The van der Waals surface area contributed by atoms with E-state index < -0.39 is 4.92 Å². The Labute approximate surface area is 97.3 Å². The third-order valence-electron chi connectivity index (χ3n) is 2.20. The fourth-order valence-corrected chi connectivity index (χ4v) is 1.39. The van der Waals surface area contributed by atoms with E-state index in [0.29, 0.717) is 11.5 Å². The summed E-state index contributed by atoms with van der Waals surface area (Å²) >= 11 is 0. The van der Waals surface area contributed by atoms with Crippen LogP contribution in [-0.2, 0) is 0 Å². The molecule has 0 amide bonds. The minimum Gasteiger partial charge on any atom is -0.401 e. The van der Waals surface area contributed by atoms with Crippen molar-refractivity contribution in [1.82, 2.24) is 0 Å². The van der Waals surface area contributed by atoms with Crippen LogP contribution in [-0.4, -0.2) is 4.92 Å². The molecule has 0 atom stereocenters. The van der Waals surface area contributed by atoms with Crippen molar-refractivity contribution >= 4 is 17.7 Å². The Hall–Kier alpha value is -2.56. The number of nitrogens with two attached hydrogens (primary N) is 1. The van der Waals surface area contributed by atoms with Gasteiger partial charge in [-0.05, 0) is 11.6 Å². The quantitative estimate of drug-likeness (QED) is 0.649. The van der Waals surface area contributed by atoms with E-state index in [0.717, 1.165) is 5.56 Å². The second kappa shape index (κ2) is 4.52. The zero-order valence-electron chi connectivity index (χ0n) is 8.87. The molecule has 0 spiro atoms. The van der Waals surface area contributed by atoms with Gasteiger partial charge in [0.2, 0.25) is 0 Å². The van der Waals surface area contributed by atoms with E-state index in [9.17, 15) is 10.1 Å². The van der Waals surface area contributed by atoms with E-state index >= 15 is 0 Å². The molecule has 2 rings (SSSR count). The first-order valence-electron chi connectivity index (χ1n) is 4.93. The molecule has 0 aliphatic rings. The van der Waals surface area contributed by atoms with Crippen molar-refractivity contribution in [3.05, 3.63) is 63.9 Å². The van der Waals surface area contributed by atoms with E-state index in [-0.39, 0.29) is 5.88 Å². The lowest BCUT2D eigenvalue weighted by molar-refractivity contribution is -0.402. The van der Waals surface area contributed by atoms with Crippen molar-refractivity contribution in [3.8, 4) is 0 Å². The van der Waals surface area contributed by atoms with Crippen molar-refractivity contribution in [2.75, 3.05) is 0 Å². The van der Waals surface area contributed by atoms with Crippen LogP contribution in [0.4, 0.5) is 5.88 Å². The van der Waals surface area contributed by atoms with Gasteiger partial charge in [0.15, 0.2) is 0 Å². The molecular weight excluding hydrogens is 220 g/mol. The molecular formula is C12H10N2O3. The molecule has 86 valence electrons.